The number of H-pyrrole nitrogens is 1. The number of hydrogen-bond donors (Lipinski definition) is 2. The van der Waals surface area contributed by atoms with Crippen LogP contribution in [0.3, 0.4) is 0 Å². The molecule has 2 aliphatic rings. The molecule has 2 aromatic heterocycles. The van der Waals surface area contributed by atoms with E-state index in [0.29, 0.717) is 5.57 Å². The quantitative estimate of drug-likeness (QED) is 0.371. The summed E-state index contributed by atoms with van der Waals surface area (Å²) in [7, 11) is 4.19. The van der Waals surface area contributed by atoms with Crippen LogP contribution in [0.1, 0.15) is 11.1 Å². The van der Waals surface area contributed by atoms with Crippen molar-refractivity contribution in [1.82, 2.24) is 20.1 Å². The predicted molar refractivity (Wildman–Crippen MR) is 140 cm³/mol. The van der Waals surface area contributed by atoms with Gasteiger partial charge in [0.25, 0.3) is 5.91 Å². The molecule has 8 heteroatoms. The SMILES string of the molecule is Bc1ccc2c(c1)C(=Cc1ccc3c(-c4ccc(N5CCN(C)CC5)nc4)n[nH]c3c1)C(=O)N2. The monoisotopic (exact) mass is 448 g/mol. The maximum Gasteiger partial charge on any atom is 0.256 e. The molecular weight excluding hydrogens is 423 g/mol. The van der Waals surface area contributed by atoms with Gasteiger partial charge in [-0.2, -0.15) is 5.10 Å². The zero-order valence-corrected chi connectivity index (χ0v) is 19.3. The predicted octanol–water partition coefficient (Wildman–Crippen LogP) is 2.13. The van der Waals surface area contributed by atoms with Crippen molar-refractivity contribution in [2.24, 2.45) is 0 Å². The lowest BCUT2D eigenvalue weighted by Gasteiger charge is -2.33. The van der Waals surface area contributed by atoms with Crippen LogP contribution in [0, 0.1) is 0 Å². The Kier molecular flexibility index (Phi) is 4.96. The van der Waals surface area contributed by atoms with Crippen LogP contribution in [0.4, 0.5) is 11.5 Å². The van der Waals surface area contributed by atoms with Gasteiger partial charge in [0, 0.05) is 60.1 Å². The fourth-order valence-electron chi connectivity index (χ4n) is 4.71. The van der Waals surface area contributed by atoms with Crippen LogP contribution < -0.4 is 15.7 Å². The molecule has 0 atom stereocenters. The normalized spacial score (nSPS) is 17.4. The zero-order valence-electron chi connectivity index (χ0n) is 19.3. The van der Waals surface area contributed by atoms with Crippen LogP contribution in [0.2, 0.25) is 0 Å². The number of aromatic nitrogens is 3. The number of piperazine rings is 1. The Balaban J connectivity index is 1.29. The van der Waals surface area contributed by atoms with Crippen LogP contribution in [-0.2, 0) is 4.79 Å². The van der Waals surface area contributed by atoms with Crippen molar-refractivity contribution in [3.8, 4) is 11.3 Å². The Morgan fingerprint density at radius 1 is 1.03 bits per heavy atom. The Bertz CT molecular complexity index is 1430. The Labute approximate surface area is 198 Å². The molecule has 0 spiro atoms. The van der Waals surface area contributed by atoms with E-state index in [1.165, 1.54) is 0 Å². The first-order valence-corrected chi connectivity index (χ1v) is 11.6. The molecule has 1 saturated heterocycles. The van der Waals surface area contributed by atoms with Crippen LogP contribution in [0.25, 0.3) is 33.8 Å². The molecule has 34 heavy (non-hydrogen) atoms. The zero-order chi connectivity index (χ0) is 23.2. The third-order valence-electron chi connectivity index (χ3n) is 6.70. The molecule has 4 aromatic rings. The number of nitrogens with one attached hydrogen (secondary N) is 2. The number of rotatable bonds is 3. The lowest BCUT2D eigenvalue weighted by molar-refractivity contribution is -0.110. The number of hydrogen-bond acceptors (Lipinski definition) is 5. The fraction of sp³-hybridized carbons (Fsp3) is 0.192. The molecule has 2 N–H and O–H groups in total. The van der Waals surface area contributed by atoms with Crippen molar-refractivity contribution >= 4 is 53.3 Å². The minimum atomic E-state index is -0.0717. The molecule has 0 bridgehead atoms. The molecule has 0 unspecified atom stereocenters. The number of carbonyl (C=O) groups excluding carboxylic acids is 1. The van der Waals surface area contributed by atoms with E-state index in [4.69, 9.17) is 4.98 Å². The molecule has 7 nitrogen and oxygen atoms in total. The number of pyridine rings is 1. The average Bonchev–Trinajstić information content (AvgIpc) is 3.40. The third-order valence-corrected chi connectivity index (χ3v) is 6.70. The van der Waals surface area contributed by atoms with Crippen molar-refractivity contribution in [3.63, 3.8) is 0 Å². The Morgan fingerprint density at radius 3 is 2.68 bits per heavy atom. The van der Waals surface area contributed by atoms with E-state index in [9.17, 15) is 4.79 Å². The molecule has 1 amide bonds. The second kappa shape index (κ2) is 8.15. The van der Waals surface area contributed by atoms with Gasteiger partial charge in [-0.1, -0.05) is 23.7 Å². The van der Waals surface area contributed by atoms with Gasteiger partial charge in [-0.25, -0.2) is 4.98 Å². The van der Waals surface area contributed by atoms with Crippen LogP contribution >= 0.6 is 0 Å². The second-order valence-corrected chi connectivity index (χ2v) is 9.13. The molecular formula is C26H25BN6O. The summed E-state index contributed by atoms with van der Waals surface area (Å²) in [5.74, 6) is 0.938. The van der Waals surface area contributed by atoms with Crippen LogP contribution in [0.15, 0.2) is 54.7 Å². The van der Waals surface area contributed by atoms with E-state index in [1.54, 1.807) is 0 Å². The maximum atomic E-state index is 12.5. The first-order chi connectivity index (χ1) is 16.5. The summed E-state index contributed by atoms with van der Waals surface area (Å²) in [6.07, 6.45) is 3.84. The standard InChI is InChI=1S/C26H25BN6O/c1-32-8-10-33(11-9-32)24-7-3-17(15-28-24)25-19-5-2-16(13-23(19)30-31-25)12-21-20-14-18(27)4-6-22(20)29-26(21)34/h2-7,12-15H,8-11,27H2,1H3,(H,29,34)(H,30,31). The molecule has 0 saturated carbocycles. The summed E-state index contributed by atoms with van der Waals surface area (Å²) in [6, 6.07) is 16.3. The van der Waals surface area contributed by atoms with Crippen molar-refractivity contribution in [3.05, 3.63) is 65.9 Å². The van der Waals surface area contributed by atoms with Gasteiger partial charge in [-0.3, -0.25) is 9.89 Å². The molecule has 1 fully saturated rings. The summed E-state index contributed by atoms with van der Waals surface area (Å²) in [4.78, 5) is 21.9. The average molecular weight is 448 g/mol. The smallest absolute Gasteiger partial charge is 0.256 e. The highest BCUT2D eigenvalue weighted by atomic mass is 16.2. The molecule has 6 rings (SSSR count). The summed E-state index contributed by atoms with van der Waals surface area (Å²) in [5, 5.41) is 11.7. The fourth-order valence-corrected chi connectivity index (χ4v) is 4.71. The van der Waals surface area contributed by atoms with Crippen LogP contribution in [0.5, 0.6) is 0 Å². The first-order valence-electron chi connectivity index (χ1n) is 11.6. The number of likely N-dealkylation sites (N-methyl/N-ethyl adjacent to an activating group) is 1. The Hall–Kier alpha value is -3.91. The van der Waals surface area contributed by atoms with E-state index in [0.717, 1.165) is 76.4 Å². The van der Waals surface area contributed by atoms with Gasteiger partial charge in [0.2, 0.25) is 0 Å². The second-order valence-electron chi connectivity index (χ2n) is 9.13. The molecule has 2 aromatic carbocycles. The maximum absolute atomic E-state index is 12.5. The van der Waals surface area contributed by atoms with E-state index < -0.39 is 0 Å². The number of nitrogens with zero attached hydrogens (tertiary/aromatic N) is 4. The van der Waals surface area contributed by atoms with Gasteiger partial charge in [0.05, 0.1) is 5.52 Å². The number of amides is 1. The van der Waals surface area contributed by atoms with Gasteiger partial charge in [-0.15, -0.1) is 0 Å². The first kappa shape index (κ1) is 20.7. The van der Waals surface area contributed by atoms with E-state index in [2.05, 4.69) is 50.6 Å². The summed E-state index contributed by atoms with van der Waals surface area (Å²) in [5.41, 5.74) is 7.35. The van der Waals surface area contributed by atoms with Crippen molar-refractivity contribution in [1.29, 1.82) is 0 Å². The minimum absolute atomic E-state index is 0.0717. The van der Waals surface area contributed by atoms with Gasteiger partial charge in [-0.05, 0) is 49.0 Å². The van der Waals surface area contributed by atoms with E-state index >= 15 is 0 Å². The Morgan fingerprint density at radius 2 is 1.88 bits per heavy atom. The van der Waals surface area contributed by atoms with E-state index in [1.807, 2.05) is 50.5 Å². The summed E-state index contributed by atoms with van der Waals surface area (Å²) >= 11 is 0. The lowest BCUT2D eigenvalue weighted by Crippen LogP contribution is -2.44. The number of carbonyl (C=O) groups is 1. The molecule has 168 valence electrons. The van der Waals surface area contributed by atoms with Crippen molar-refractivity contribution in [2.45, 2.75) is 0 Å². The number of anilines is 2. The molecule has 0 radical (unpaired) electrons. The van der Waals surface area contributed by atoms with Gasteiger partial charge in [0.15, 0.2) is 0 Å². The summed E-state index contributed by atoms with van der Waals surface area (Å²) in [6.45, 7) is 4.10. The molecule has 2 aliphatic heterocycles. The highest BCUT2D eigenvalue weighted by Gasteiger charge is 2.24. The summed E-state index contributed by atoms with van der Waals surface area (Å²) < 4.78 is 0. The molecule has 0 aliphatic carbocycles. The number of benzene rings is 2. The topological polar surface area (TPSA) is 77.2 Å². The highest BCUT2D eigenvalue weighted by molar-refractivity contribution is 6.37. The third kappa shape index (κ3) is 3.66. The van der Waals surface area contributed by atoms with E-state index in [-0.39, 0.29) is 5.91 Å². The minimum Gasteiger partial charge on any atom is -0.354 e. The number of aromatic amines is 1. The van der Waals surface area contributed by atoms with Gasteiger partial charge in [0.1, 0.15) is 19.4 Å². The molecule has 4 heterocycles. The van der Waals surface area contributed by atoms with Gasteiger partial charge >= 0.3 is 0 Å². The van der Waals surface area contributed by atoms with Crippen LogP contribution in [-0.4, -0.2) is 67.1 Å². The van der Waals surface area contributed by atoms with Gasteiger partial charge < -0.3 is 15.1 Å². The number of fused-ring (bicyclic) bond motifs is 2. The van der Waals surface area contributed by atoms with Crippen molar-refractivity contribution < 1.29 is 4.79 Å². The largest absolute Gasteiger partial charge is 0.354 e. The lowest BCUT2D eigenvalue weighted by atomic mass is 9.92. The highest BCUT2D eigenvalue weighted by Crippen LogP contribution is 2.33. The van der Waals surface area contributed by atoms with Crippen molar-refractivity contribution in [2.75, 3.05) is 43.4 Å².